The van der Waals surface area contributed by atoms with Crippen molar-refractivity contribution in [2.75, 3.05) is 23.9 Å². The number of hydrogen-bond acceptors (Lipinski definition) is 5. The highest BCUT2D eigenvalue weighted by Gasteiger charge is 2.26. The molecule has 1 aromatic heterocycles. The fraction of sp³-hybridized carbons (Fsp3) is 0.412. The number of thiazole rings is 1. The fourth-order valence-electron chi connectivity index (χ4n) is 2.24. The monoisotopic (exact) mass is 331 g/mol. The van der Waals surface area contributed by atoms with Gasteiger partial charge in [-0.15, -0.1) is 11.3 Å². The van der Waals surface area contributed by atoms with Gasteiger partial charge in [0.15, 0.2) is 0 Å². The number of benzene rings is 1. The van der Waals surface area contributed by atoms with E-state index in [9.17, 15) is 4.79 Å². The third-order valence-electron chi connectivity index (χ3n) is 3.77. The van der Waals surface area contributed by atoms with E-state index >= 15 is 0 Å². The van der Waals surface area contributed by atoms with Crippen molar-refractivity contribution in [2.24, 2.45) is 0 Å². The van der Waals surface area contributed by atoms with Crippen molar-refractivity contribution in [3.05, 3.63) is 40.3 Å². The van der Waals surface area contributed by atoms with Crippen molar-refractivity contribution in [2.45, 2.75) is 32.2 Å². The van der Waals surface area contributed by atoms with Gasteiger partial charge in [-0.3, -0.25) is 4.90 Å². The van der Waals surface area contributed by atoms with Crippen LogP contribution < -0.4 is 10.2 Å². The van der Waals surface area contributed by atoms with Crippen LogP contribution in [0.15, 0.2) is 29.6 Å². The highest BCUT2D eigenvalue weighted by molar-refractivity contribution is 7.09. The molecule has 0 aliphatic heterocycles. The lowest BCUT2D eigenvalue weighted by atomic mass is 10.2. The number of anilines is 2. The maximum absolute atomic E-state index is 11.7. The lowest BCUT2D eigenvalue weighted by molar-refractivity contribution is 0.161. The van der Waals surface area contributed by atoms with Crippen molar-refractivity contribution in [3.8, 4) is 0 Å². The minimum absolute atomic E-state index is 0.344. The van der Waals surface area contributed by atoms with Crippen LogP contribution in [0.1, 0.15) is 36.4 Å². The van der Waals surface area contributed by atoms with Gasteiger partial charge in [0.2, 0.25) is 0 Å². The summed E-state index contributed by atoms with van der Waals surface area (Å²) in [5.74, 6) is 0.714. The highest BCUT2D eigenvalue weighted by Crippen LogP contribution is 2.41. The summed E-state index contributed by atoms with van der Waals surface area (Å²) < 4.78 is 4.98. The second kappa shape index (κ2) is 7.00. The van der Waals surface area contributed by atoms with Crippen LogP contribution in [0.25, 0.3) is 0 Å². The van der Waals surface area contributed by atoms with E-state index in [1.807, 2.05) is 24.3 Å². The number of aromatic nitrogens is 1. The molecule has 5 nitrogen and oxygen atoms in total. The second-order valence-electron chi connectivity index (χ2n) is 5.61. The Hall–Kier alpha value is -2.08. The summed E-state index contributed by atoms with van der Waals surface area (Å²) >= 11 is 1.76. The molecule has 1 aliphatic rings. The molecule has 1 aromatic carbocycles. The van der Waals surface area contributed by atoms with Gasteiger partial charge in [-0.25, -0.2) is 9.78 Å². The first-order chi connectivity index (χ1) is 11.2. The molecule has 0 radical (unpaired) electrons. The Balaban J connectivity index is 1.55. The molecule has 6 heteroatoms. The highest BCUT2D eigenvalue weighted by atomic mass is 32.1. The largest absolute Gasteiger partial charge is 0.449 e. The molecule has 1 N–H and O–H groups in total. The third-order valence-corrected chi connectivity index (χ3v) is 4.82. The lowest BCUT2D eigenvalue weighted by Crippen LogP contribution is -2.26. The van der Waals surface area contributed by atoms with Crippen molar-refractivity contribution < 1.29 is 9.53 Å². The Labute approximate surface area is 140 Å². The first-order valence-electron chi connectivity index (χ1n) is 7.86. The number of hydrogen-bond donors (Lipinski definition) is 1. The van der Waals surface area contributed by atoms with Gasteiger partial charge >= 0.3 is 6.09 Å². The number of carbonyl (C=O) groups excluding carboxylic acids is 1. The molecule has 0 saturated heterocycles. The maximum Gasteiger partial charge on any atom is 0.413 e. The number of ether oxygens (including phenoxy) is 1. The van der Waals surface area contributed by atoms with Crippen LogP contribution in [0.4, 0.5) is 16.2 Å². The van der Waals surface area contributed by atoms with Crippen molar-refractivity contribution in [3.63, 3.8) is 0 Å². The van der Waals surface area contributed by atoms with Gasteiger partial charge in [-0.05, 0) is 44.0 Å². The minimum atomic E-state index is -0.344. The van der Waals surface area contributed by atoms with Gasteiger partial charge < -0.3 is 10.1 Å². The minimum Gasteiger partial charge on any atom is -0.449 e. The number of nitrogens with zero attached hydrogens (tertiary/aromatic N) is 2. The van der Waals surface area contributed by atoms with Gasteiger partial charge in [-0.1, -0.05) is 0 Å². The fourth-order valence-corrected chi connectivity index (χ4v) is 3.23. The molecule has 1 saturated carbocycles. The second-order valence-corrected chi connectivity index (χ2v) is 6.50. The van der Waals surface area contributed by atoms with E-state index in [0.717, 1.165) is 23.6 Å². The summed E-state index contributed by atoms with van der Waals surface area (Å²) in [7, 11) is 1.70. The molecule has 0 bridgehead atoms. The molecular formula is C17H21N3O2S. The quantitative estimate of drug-likeness (QED) is 0.861. The van der Waals surface area contributed by atoms with Crippen molar-refractivity contribution in [1.29, 1.82) is 0 Å². The average molecular weight is 331 g/mol. The molecule has 1 heterocycles. The summed E-state index contributed by atoms with van der Waals surface area (Å²) in [6.07, 6.45) is 2.23. The molecular weight excluding hydrogens is 310 g/mol. The predicted molar refractivity (Wildman–Crippen MR) is 93.3 cm³/mol. The zero-order valence-corrected chi connectivity index (χ0v) is 14.2. The first-order valence-corrected chi connectivity index (χ1v) is 8.74. The van der Waals surface area contributed by atoms with E-state index in [1.165, 1.54) is 22.7 Å². The summed E-state index contributed by atoms with van der Waals surface area (Å²) in [6.45, 7) is 2.89. The standard InChI is InChI=1S/C17H21N3O2S/c1-3-22-17(21)20(2)15-8-6-13(7-9-15)18-10-14-11-23-16(19-14)12-4-5-12/h6-9,11-12,18H,3-5,10H2,1-2H3. The van der Waals surface area contributed by atoms with Gasteiger partial charge in [0.05, 0.1) is 23.9 Å². The van der Waals surface area contributed by atoms with Crippen molar-refractivity contribution in [1.82, 2.24) is 4.98 Å². The van der Waals surface area contributed by atoms with Crippen LogP contribution in [-0.4, -0.2) is 24.7 Å². The molecule has 0 spiro atoms. The summed E-state index contributed by atoms with van der Waals surface area (Å²) in [6, 6.07) is 7.71. The van der Waals surface area contributed by atoms with E-state index in [-0.39, 0.29) is 6.09 Å². The summed E-state index contributed by atoms with van der Waals surface area (Å²) in [5.41, 5.74) is 2.90. The zero-order chi connectivity index (χ0) is 16.2. The van der Waals surface area contributed by atoms with Crippen molar-refractivity contribution >= 4 is 28.8 Å². The smallest absolute Gasteiger partial charge is 0.413 e. The van der Waals surface area contributed by atoms with Crippen LogP contribution in [0, 0.1) is 0 Å². The Morgan fingerprint density at radius 3 is 2.78 bits per heavy atom. The Kier molecular flexibility index (Phi) is 4.81. The Morgan fingerprint density at radius 1 is 1.39 bits per heavy atom. The van der Waals surface area contributed by atoms with E-state index in [2.05, 4.69) is 15.7 Å². The summed E-state index contributed by atoms with van der Waals surface area (Å²) in [5, 5.41) is 6.76. The maximum atomic E-state index is 11.7. The molecule has 2 aromatic rings. The van der Waals surface area contributed by atoms with E-state index < -0.39 is 0 Å². The van der Waals surface area contributed by atoms with E-state index in [0.29, 0.717) is 12.5 Å². The topological polar surface area (TPSA) is 54.5 Å². The van der Waals surface area contributed by atoms with E-state index in [1.54, 1.807) is 25.3 Å². The third kappa shape index (κ3) is 4.01. The predicted octanol–water partition coefficient (Wildman–Crippen LogP) is 4.23. The Morgan fingerprint density at radius 2 is 2.13 bits per heavy atom. The van der Waals surface area contributed by atoms with Crippen LogP contribution in [0.5, 0.6) is 0 Å². The van der Waals surface area contributed by atoms with Gasteiger partial charge in [-0.2, -0.15) is 0 Å². The number of amides is 1. The molecule has 1 fully saturated rings. The molecule has 0 unspecified atom stereocenters. The number of carbonyl (C=O) groups is 1. The molecule has 3 rings (SSSR count). The van der Waals surface area contributed by atoms with E-state index in [4.69, 9.17) is 4.74 Å². The molecule has 1 amide bonds. The number of nitrogens with one attached hydrogen (secondary N) is 1. The zero-order valence-electron chi connectivity index (χ0n) is 13.4. The van der Waals surface area contributed by atoms with Gasteiger partial charge in [0, 0.05) is 29.7 Å². The lowest BCUT2D eigenvalue weighted by Gasteiger charge is -2.17. The average Bonchev–Trinajstić information content (AvgIpc) is 3.32. The normalized spacial score (nSPS) is 13.7. The van der Waals surface area contributed by atoms with Gasteiger partial charge in [0.25, 0.3) is 0 Å². The Bertz CT molecular complexity index is 665. The molecule has 122 valence electrons. The van der Waals surface area contributed by atoms with Crippen LogP contribution in [0.3, 0.4) is 0 Å². The SMILES string of the molecule is CCOC(=O)N(C)c1ccc(NCc2csc(C3CC3)n2)cc1. The molecule has 23 heavy (non-hydrogen) atoms. The van der Waals surface area contributed by atoms with Crippen LogP contribution in [-0.2, 0) is 11.3 Å². The van der Waals surface area contributed by atoms with Gasteiger partial charge in [0.1, 0.15) is 0 Å². The number of rotatable bonds is 6. The first kappa shape index (κ1) is 15.8. The van der Waals surface area contributed by atoms with Crippen LogP contribution >= 0.6 is 11.3 Å². The van der Waals surface area contributed by atoms with Crippen LogP contribution in [0.2, 0.25) is 0 Å². The molecule has 1 aliphatic carbocycles. The summed E-state index contributed by atoms with van der Waals surface area (Å²) in [4.78, 5) is 17.8. The molecule has 0 atom stereocenters.